The Kier molecular flexibility index (Phi) is 5.04. The maximum atomic E-state index is 12.9. The van der Waals surface area contributed by atoms with Crippen LogP contribution >= 0.6 is 11.3 Å². The van der Waals surface area contributed by atoms with Gasteiger partial charge in [-0.2, -0.15) is 0 Å². The molecule has 4 N–H and O–H groups in total. The van der Waals surface area contributed by atoms with Crippen LogP contribution in [0.4, 0.5) is 10.5 Å². The van der Waals surface area contributed by atoms with Crippen LogP contribution in [0.5, 0.6) is 0 Å². The van der Waals surface area contributed by atoms with Crippen molar-refractivity contribution < 1.29 is 14.1 Å². The highest BCUT2D eigenvalue weighted by atomic mass is 32.2. The number of rotatable bonds is 3. The van der Waals surface area contributed by atoms with Crippen molar-refractivity contribution >= 4 is 33.0 Å². The van der Waals surface area contributed by atoms with Crippen LogP contribution in [0, 0.1) is 0 Å². The summed E-state index contributed by atoms with van der Waals surface area (Å²) in [7, 11) is -3.53. The van der Waals surface area contributed by atoms with Crippen molar-refractivity contribution in [3.63, 3.8) is 0 Å². The number of carbonyl (C=O) groups is 1. The van der Waals surface area contributed by atoms with Gasteiger partial charge in [-0.05, 0) is 57.1 Å². The van der Waals surface area contributed by atoms with Crippen molar-refractivity contribution in [1.82, 2.24) is 9.97 Å². The fourth-order valence-corrected chi connectivity index (χ4v) is 6.18. The highest BCUT2D eigenvalue weighted by molar-refractivity contribution is 7.93. The zero-order chi connectivity index (χ0) is 21.9. The van der Waals surface area contributed by atoms with E-state index in [0.717, 1.165) is 71.6 Å². The van der Waals surface area contributed by atoms with Crippen LogP contribution in [0.3, 0.4) is 0 Å². The third-order valence-electron chi connectivity index (χ3n) is 5.75. The Morgan fingerprint density at radius 2 is 2.07 bits per heavy atom. The Hall–Kier alpha value is -1.88. The molecule has 2 aliphatic carbocycles. The lowest BCUT2D eigenvalue weighted by molar-refractivity contribution is 0.0823. The quantitative estimate of drug-likeness (QED) is 0.661. The van der Waals surface area contributed by atoms with E-state index in [1.54, 1.807) is 13.8 Å². The molecule has 0 saturated heterocycles. The largest absolute Gasteiger partial charge is 0.385 e. The van der Waals surface area contributed by atoms with E-state index in [0.29, 0.717) is 4.88 Å². The average molecular weight is 450 g/mol. The topological polar surface area (TPSA) is 131 Å². The van der Waals surface area contributed by atoms with Gasteiger partial charge < -0.3 is 10.4 Å². The van der Waals surface area contributed by atoms with E-state index in [1.165, 1.54) is 6.20 Å². The lowest BCUT2D eigenvalue weighted by atomic mass is 9.90. The molecule has 0 aliphatic heterocycles. The van der Waals surface area contributed by atoms with Crippen molar-refractivity contribution in [2.24, 2.45) is 9.50 Å². The van der Waals surface area contributed by atoms with Crippen LogP contribution < -0.4 is 10.5 Å². The second-order valence-corrected chi connectivity index (χ2v) is 12.1. The van der Waals surface area contributed by atoms with Crippen LogP contribution in [0.15, 0.2) is 14.9 Å². The van der Waals surface area contributed by atoms with Crippen molar-refractivity contribution in [1.29, 1.82) is 0 Å². The minimum absolute atomic E-state index is 0.0149. The second kappa shape index (κ2) is 7.08. The standard InChI is InChI=1S/C20H27N5O3S2/c1-19(2)9-8-12-15(11-6-5-7-13(11)23-16(12)19)24-17(26)25-30(21,28)18-22-10-14(29-18)20(3,4)27/h10,27H,5-9H2,1-4H3,(H3,21,23,24,25,26,28)/t30-/m1/s1. The Balaban J connectivity index is 1.68. The van der Waals surface area contributed by atoms with Crippen LogP contribution in [0.1, 0.15) is 67.9 Å². The number of carbonyl (C=O) groups excluding carboxylic acids is 1. The number of aliphatic hydroxyl groups is 1. The molecule has 0 aromatic carbocycles. The van der Waals surface area contributed by atoms with Gasteiger partial charge in [0.1, 0.15) is 0 Å². The first-order valence-electron chi connectivity index (χ1n) is 9.98. The Morgan fingerprint density at radius 3 is 2.73 bits per heavy atom. The SMILES string of the molecule is CC(C)(O)c1cnc([S@](N)(=O)=NC(=O)Nc2c3c(nc4c2CCC4(C)C)CCC3)s1. The summed E-state index contributed by atoms with van der Waals surface area (Å²) >= 11 is 0.990. The summed E-state index contributed by atoms with van der Waals surface area (Å²) in [6.45, 7) is 7.52. The lowest BCUT2D eigenvalue weighted by Gasteiger charge is -2.20. The lowest BCUT2D eigenvalue weighted by Crippen LogP contribution is -2.20. The predicted octanol–water partition coefficient (Wildman–Crippen LogP) is 3.41. The van der Waals surface area contributed by atoms with E-state index in [-0.39, 0.29) is 9.75 Å². The van der Waals surface area contributed by atoms with Crippen LogP contribution in [-0.4, -0.2) is 25.3 Å². The first kappa shape index (κ1) is 21.4. The molecule has 0 unspecified atom stereocenters. The second-order valence-electron chi connectivity index (χ2n) is 9.12. The zero-order valence-corrected chi connectivity index (χ0v) is 19.2. The maximum absolute atomic E-state index is 12.9. The molecule has 0 radical (unpaired) electrons. The van der Waals surface area contributed by atoms with Crippen LogP contribution in [0.25, 0.3) is 0 Å². The molecule has 2 aromatic rings. The average Bonchev–Trinajstić information content (AvgIpc) is 3.33. The number of aryl methyl sites for hydroxylation is 1. The van der Waals surface area contributed by atoms with E-state index in [4.69, 9.17) is 10.1 Å². The molecule has 0 spiro atoms. The van der Waals surface area contributed by atoms with E-state index in [2.05, 4.69) is 28.5 Å². The van der Waals surface area contributed by atoms with Gasteiger partial charge in [-0.3, -0.25) is 4.98 Å². The molecular weight excluding hydrogens is 422 g/mol. The molecule has 2 aliphatic rings. The molecule has 4 rings (SSSR count). The van der Waals surface area contributed by atoms with Crippen LogP contribution in [0.2, 0.25) is 0 Å². The van der Waals surface area contributed by atoms with E-state index in [9.17, 15) is 14.1 Å². The van der Waals surface area contributed by atoms with E-state index in [1.807, 2.05) is 0 Å². The molecule has 30 heavy (non-hydrogen) atoms. The molecule has 1 atom stereocenters. The Morgan fingerprint density at radius 1 is 1.33 bits per heavy atom. The monoisotopic (exact) mass is 449 g/mol. The number of anilines is 1. The molecule has 0 fully saturated rings. The molecule has 162 valence electrons. The number of fused-ring (bicyclic) bond motifs is 2. The Labute approximate surface area is 180 Å². The number of nitrogens with two attached hydrogens (primary N) is 1. The van der Waals surface area contributed by atoms with Gasteiger partial charge in [0.2, 0.25) is 4.34 Å². The first-order chi connectivity index (χ1) is 13.9. The molecule has 10 heteroatoms. The number of thiazole rings is 1. The molecule has 0 saturated carbocycles. The number of pyridine rings is 1. The molecule has 0 bridgehead atoms. The van der Waals surface area contributed by atoms with Crippen molar-refractivity contribution in [3.05, 3.63) is 33.6 Å². The summed E-state index contributed by atoms with van der Waals surface area (Å²) in [6, 6.07) is -0.755. The number of hydrogen-bond donors (Lipinski definition) is 3. The molecule has 8 nitrogen and oxygen atoms in total. The maximum Gasteiger partial charge on any atom is 0.354 e. The molecule has 2 amide bonds. The van der Waals surface area contributed by atoms with Gasteiger partial charge in [0.05, 0.1) is 21.9 Å². The van der Waals surface area contributed by atoms with E-state index >= 15 is 0 Å². The normalized spacial score (nSPS) is 19.1. The van der Waals surface area contributed by atoms with Gasteiger partial charge in [-0.25, -0.2) is 19.1 Å². The summed E-state index contributed by atoms with van der Waals surface area (Å²) in [5.74, 6) is 0. The third kappa shape index (κ3) is 3.77. The van der Waals surface area contributed by atoms with Gasteiger partial charge in [0, 0.05) is 17.3 Å². The predicted molar refractivity (Wildman–Crippen MR) is 117 cm³/mol. The fourth-order valence-electron chi connectivity index (χ4n) is 4.10. The number of aromatic nitrogens is 2. The molecular formula is C20H27N5O3S2. The van der Waals surface area contributed by atoms with Gasteiger partial charge in [-0.1, -0.05) is 13.8 Å². The summed E-state index contributed by atoms with van der Waals surface area (Å²) in [5, 5.41) is 18.8. The van der Waals surface area contributed by atoms with Crippen molar-refractivity contribution in [3.8, 4) is 0 Å². The summed E-state index contributed by atoms with van der Waals surface area (Å²) in [4.78, 5) is 22.2. The smallest absolute Gasteiger partial charge is 0.354 e. The summed E-state index contributed by atoms with van der Waals surface area (Å²) in [5.41, 5.74) is 3.74. The number of nitrogens with zero attached hydrogens (tertiary/aromatic N) is 3. The summed E-state index contributed by atoms with van der Waals surface area (Å²) in [6.07, 6.45) is 5.95. The molecule has 2 aromatic heterocycles. The van der Waals surface area contributed by atoms with Gasteiger partial charge in [0.25, 0.3) is 0 Å². The number of nitrogens with one attached hydrogen (secondary N) is 1. The van der Waals surface area contributed by atoms with Crippen LogP contribution in [-0.2, 0) is 40.2 Å². The van der Waals surface area contributed by atoms with Gasteiger partial charge in [-0.15, -0.1) is 15.7 Å². The van der Waals surface area contributed by atoms with Crippen molar-refractivity contribution in [2.75, 3.05) is 5.32 Å². The minimum atomic E-state index is -3.53. The highest BCUT2D eigenvalue weighted by Crippen LogP contribution is 2.44. The highest BCUT2D eigenvalue weighted by Gasteiger charge is 2.36. The van der Waals surface area contributed by atoms with Crippen molar-refractivity contribution in [2.45, 2.75) is 75.2 Å². The zero-order valence-electron chi connectivity index (χ0n) is 17.6. The third-order valence-corrected chi connectivity index (χ3v) is 8.87. The number of hydrogen-bond acceptors (Lipinski definition) is 6. The molecule has 2 heterocycles. The Bertz CT molecular complexity index is 1150. The van der Waals surface area contributed by atoms with Gasteiger partial charge >= 0.3 is 6.03 Å². The summed E-state index contributed by atoms with van der Waals surface area (Å²) < 4.78 is 16.7. The van der Waals surface area contributed by atoms with Gasteiger partial charge in [0.15, 0.2) is 9.92 Å². The number of amides is 2. The first-order valence-corrected chi connectivity index (χ1v) is 12.4. The number of urea groups is 1. The fraction of sp³-hybridized carbons (Fsp3) is 0.550. The van der Waals surface area contributed by atoms with E-state index < -0.39 is 21.5 Å². The minimum Gasteiger partial charge on any atom is -0.385 e.